The molecule has 132 valence electrons. The predicted molar refractivity (Wildman–Crippen MR) is 105 cm³/mol. The van der Waals surface area contributed by atoms with Crippen LogP contribution in [0.5, 0.6) is 0 Å². The molecule has 0 aliphatic carbocycles. The number of rotatable bonds is 7. The van der Waals surface area contributed by atoms with Crippen LogP contribution in [0.1, 0.15) is 16.7 Å². The van der Waals surface area contributed by atoms with Crippen molar-refractivity contribution < 1.29 is 9.59 Å². The summed E-state index contributed by atoms with van der Waals surface area (Å²) in [6.45, 7) is 4.35. The van der Waals surface area contributed by atoms with Crippen LogP contribution in [0.15, 0.2) is 42.5 Å². The van der Waals surface area contributed by atoms with E-state index in [1.54, 1.807) is 6.07 Å². The number of benzene rings is 2. The highest BCUT2D eigenvalue weighted by atomic mass is 35.5. The standard InChI is InChI=1S/C19H21ClN2O2S/c1-13-7-8-17(14(2)9-13)22-19(24)12-25-11-18(23)21-10-15-5-3-4-6-16(15)20/h3-9H,10-12H2,1-2H3,(H,21,23)(H,22,24). The third-order valence-corrected chi connectivity index (χ3v) is 4.86. The van der Waals surface area contributed by atoms with Gasteiger partial charge in [-0.25, -0.2) is 0 Å². The number of halogens is 1. The van der Waals surface area contributed by atoms with Crippen molar-refractivity contribution in [3.63, 3.8) is 0 Å². The van der Waals surface area contributed by atoms with Crippen LogP contribution in [-0.4, -0.2) is 23.3 Å². The summed E-state index contributed by atoms with van der Waals surface area (Å²) >= 11 is 7.32. The molecular weight excluding hydrogens is 356 g/mol. The average Bonchev–Trinajstić information content (AvgIpc) is 2.57. The van der Waals surface area contributed by atoms with Gasteiger partial charge in [0.15, 0.2) is 0 Å². The Bertz CT molecular complexity index is 765. The SMILES string of the molecule is Cc1ccc(NC(=O)CSCC(=O)NCc2ccccc2Cl)c(C)c1. The van der Waals surface area contributed by atoms with Crippen molar-refractivity contribution in [3.05, 3.63) is 64.2 Å². The minimum Gasteiger partial charge on any atom is -0.351 e. The molecule has 0 fully saturated rings. The van der Waals surface area contributed by atoms with Gasteiger partial charge in [0, 0.05) is 17.3 Å². The fourth-order valence-corrected chi connectivity index (χ4v) is 3.11. The number of anilines is 1. The fourth-order valence-electron chi connectivity index (χ4n) is 2.26. The number of thioether (sulfide) groups is 1. The Kier molecular flexibility index (Phi) is 7.34. The molecule has 0 heterocycles. The van der Waals surface area contributed by atoms with Crippen molar-refractivity contribution in [1.29, 1.82) is 0 Å². The predicted octanol–water partition coefficient (Wildman–Crippen LogP) is 3.94. The van der Waals surface area contributed by atoms with Crippen LogP contribution >= 0.6 is 23.4 Å². The second-order valence-electron chi connectivity index (χ2n) is 5.73. The Morgan fingerprint density at radius 3 is 2.48 bits per heavy atom. The molecule has 0 unspecified atom stereocenters. The Morgan fingerprint density at radius 1 is 1.04 bits per heavy atom. The zero-order valence-electron chi connectivity index (χ0n) is 14.3. The van der Waals surface area contributed by atoms with E-state index in [0.717, 1.165) is 22.4 Å². The quantitative estimate of drug-likeness (QED) is 0.769. The third kappa shape index (κ3) is 6.44. The lowest BCUT2D eigenvalue weighted by Crippen LogP contribution is -2.25. The van der Waals surface area contributed by atoms with Crippen molar-refractivity contribution in [2.75, 3.05) is 16.8 Å². The molecule has 0 bridgehead atoms. The number of hydrogen-bond donors (Lipinski definition) is 2. The van der Waals surface area contributed by atoms with E-state index in [4.69, 9.17) is 11.6 Å². The van der Waals surface area contributed by atoms with Crippen molar-refractivity contribution in [2.45, 2.75) is 20.4 Å². The van der Waals surface area contributed by atoms with Gasteiger partial charge in [-0.3, -0.25) is 9.59 Å². The maximum atomic E-state index is 12.0. The van der Waals surface area contributed by atoms with Gasteiger partial charge in [0.1, 0.15) is 0 Å². The van der Waals surface area contributed by atoms with E-state index in [9.17, 15) is 9.59 Å². The van der Waals surface area contributed by atoms with Gasteiger partial charge in [0.25, 0.3) is 0 Å². The van der Waals surface area contributed by atoms with Crippen molar-refractivity contribution in [2.24, 2.45) is 0 Å². The molecule has 2 aromatic carbocycles. The normalized spacial score (nSPS) is 10.4. The second-order valence-corrected chi connectivity index (χ2v) is 7.12. The molecule has 25 heavy (non-hydrogen) atoms. The Labute approximate surface area is 157 Å². The lowest BCUT2D eigenvalue weighted by molar-refractivity contribution is -0.118. The van der Waals surface area contributed by atoms with E-state index in [1.165, 1.54) is 11.8 Å². The molecule has 0 aromatic heterocycles. The molecule has 0 aliphatic heterocycles. The van der Waals surface area contributed by atoms with E-state index in [-0.39, 0.29) is 23.3 Å². The highest BCUT2D eigenvalue weighted by Crippen LogP contribution is 2.17. The lowest BCUT2D eigenvalue weighted by Gasteiger charge is -2.09. The van der Waals surface area contributed by atoms with Gasteiger partial charge < -0.3 is 10.6 Å². The van der Waals surface area contributed by atoms with Crippen LogP contribution in [0.25, 0.3) is 0 Å². The second kappa shape index (κ2) is 9.49. The number of hydrogen-bond acceptors (Lipinski definition) is 3. The fraction of sp³-hybridized carbons (Fsp3) is 0.263. The van der Waals surface area contributed by atoms with Gasteiger partial charge in [0.2, 0.25) is 11.8 Å². The Morgan fingerprint density at radius 2 is 1.76 bits per heavy atom. The molecule has 2 rings (SSSR count). The summed E-state index contributed by atoms with van der Waals surface area (Å²) in [6, 6.07) is 13.2. The molecule has 2 amide bonds. The molecule has 2 N–H and O–H groups in total. The topological polar surface area (TPSA) is 58.2 Å². The first-order chi connectivity index (χ1) is 12.0. The summed E-state index contributed by atoms with van der Waals surface area (Å²) < 4.78 is 0. The summed E-state index contributed by atoms with van der Waals surface area (Å²) in [6.07, 6.45) is 0. The Hall–Kier alpha value is -1.98. The molecule has 0 saturated heterocycles. The zero-order chi connectivity index (χ0) is 18.2. The first-order valence-corrected chi connectivity index (χ1v) is 9.44. The summed E-state index contributed by atoms with van der Waals surface area (Å²) in [7, 11) is 0. The van der Waals surface area contributed by atoms with Crippen LogP contribution in [0.2, 0.25) is 5.02 Å². The maximum Gasteiger partial charge on any atom is 0.234 e. The molecule has 0 spiro atoms. The van der Waals surface area contributed by atoms with Crippen molar-refractivity contribution >= 4 is 40.9 Å². The molecule has 0 atom stereocenters. The molecule has 2 aromatic rings. The number of nitrogens with one attached hydrogen (secondary N) is 2. The van der Waals surface area contributed by atoms with Gasteiger partial charge in [-0.1, -0.05) is 47.5 Å². The minimum atomic E-state index is -0.121. The number of amides is 2. The monoisotopic (exact) mass is 376 g/mol. The molecule has 4 nitrogen and oxygen atoms in total. The first kappa shape index (κ1) is 19.3. The molecule has 0 aliphatic rings. The van der Waals surface area contributed by atoms with Gasteiger partial charge in [-0.2, -0.15) is 0 Å². The summed E-state index contributed by atoms with van der Waals surface area (Å²) in [5, 5.41) is 6.30. The van der Waals surface area contributed by atoms with Crippen LogP contribution in [-0.2, 0) is 16.1 Å². The van der Waals surface area contributed by atoms with Crippen LogP contribution in [0, 0.1) is 13.8 Å². The zero-order valence-corrected chi connectivity index (χ0v) is 15.8. The minimum absolute atomic E-state index is 0.115. The average molecular weight is 377 g/mol. The van der Waals surface area contributed by atoms with Crippen LogP contribution in [0.4, 0.5) is 5.69 Å². The summed E-state index contributed by atoms with van der Waals surface area (Å²) in [5.41, 5.74) is 3.85. The summed E-state index contributed by atoms with van der Waals surface area (Å²) in [4.78, 5) is 23.8. The van der Waals surface area contributed by atoms with Crippen LogP contribution < -0.4 is 10.6 Å². The molecule has 0 radical (unpaired) electrons. The third-order valence-electron chi connectivity index (χ3n) is 3.56. The number of aryl methyl sites for hydroxylation is 2. The van der Waals surface area contributed by atoms with E-state index < -0.39 is 0 Å². The van der Waals surface area contributed by atoms with Crippen molar-refractivity contribution in [3.8, 4) is 0 Å². The van der Waals surface area contributed by atoms with Crippen molar-refractivity contribution in [1.82, 2.24) is 5.32 Å². The smallest absolute Gasteiger partial charge is 0.234 e. The molecular formula is C19H21ClN2O2S. The molecule has 6 heteroatoms. The number of carbonyl (C=O) groups excluding carboxylic acids is 2. The Balaban J connectivity index is 1.70. The van der Waals surface area contributed by atoms with E-state index in [0.29, 0.717) is 11.6 Å². The van der Waals surface area contributed by atoms with Gasteiger partial charge in [-0.15, -0.1) is 11.8 Å². The van der Waals surface area contributed by atoms with E-state index in [1.807, 2.05) is 50.2 Å². The van der Waals surface area contributed by atoms with Gasteiger partial charge in [0.05, 0.1) is 11.5 Å². The van der Waals surface area contributed by atoms with E-state index in [2.05, 4.69) is 10.6 Å². The highest BCUT2D eigenvalue weighted by molar-refractivity contribution is 8.00. The largest absolute Gasteiger partial charge is 0.351 e. The van der Waals surface area contributed by atoms with Gasteiger partial charge in [-0.05, 0) is 37.1 Å². The number of carbonyl (C=O) groups is 2. The molecule has 0 saturated carbocycles. The van der Waals surface area contributed by atoms with Gasteiger partial charge >= 0.3 is 0 Å². The van der Waals surface area contributed by atoms with E-state index >= 15 is 0 Å². The highest BCUT2D eigenvalue weighted by Gasteiger charge is 2.08. The maximum absolute atomic E-state index is 12.0. The first-order valence-electron chi connectivity index (χ1n) is 7.90. The lowest BCUT2D eigenvalue weighted by atomic mass is 10.1. The van der Waals surface area contributed by atoms with Crippen LogP contribution in [0.3, 0.4) is 0 Å². The summed E-state index contributed by atoms with van der Waals surface area (Å²) in [5.74, 6) is 0.220.